The fourth-order valence-corrected chi connectivity index (χ4v) is 8.91. The molecule has 0 aromatic heterocycles. The van der Waals surface area contributed by atoms with Gasteiger partial charge in [-0.1, -0.05) is 132 Å². The Hall–Kier alpha value is -6.64. The van der Waals surface area contributed by atoms with Crippen molar-refractivity contribution < 1.29 is 0 Å². The fraction of sp³-hybridized carbons (Fsp3) is 0.0588. The quantitative estimate of drug-likeness (QED) is 0.173. The lowest BCUT2D eigenvalue weighted by Gasteiger charge is -2.33. The Balaban J connectivity index is 1.28. The van der Waals surface area contributed by atoms with E-state index in [-0.39, 0.29) is 0 Å². The zero-order valence-electron chi connectivity index (χ0n) is 29.9. The Labute approximate surface area is 311 Å². The van der Waals surface area contributed by atoms with E-state index in [0.717, 1.165) is 34.1 Å². The minimum atomic E-state index is -0.516. The van der Waals surface area contributed by atoms with E-state index in [9.17, 15) is 0 Å². The molecule has 0 bridgehead atoms. The zero-order valence-corrected chi connectivity index (χ0v) is 29.9. The van der Waals surface area contributed by atoms with Crippen LogP contribution >= 0.6 is 0 Å². The minimum absolute atomic E-state index is 0.516. The topological polar surface area (TPSA) is 6.48 Å². The zero-order chi connectivity index (χ0) is 35.5. The van der Waals surface area contributed by atoms with Crippen molar-refractivity contribution in [1.82, 2.24) is 0 Å². The maximum atomic E-state index is 2.48. The molecule has 10 rings (SSSR count). The highest BCUT2D eigenvalue weighted by Gasteiger charge is 2.52. The molecule has 2 aliphatic rings. The molecule has 8 aromatic carbocycles. The van der Waals surface area contributed by atoms with Crippen LogP contribution in [0.3, 0.4) is 0 Å². The van der Waals surface area contributed by atoms with E-state index in [1.54, 1.807) is 0 Å². The minimum Gasteiger partial charge on any atom is -0.310 e. The summed E-state index contributed by atoms with van der Waals surface area (Å²) in [5.74, 6) is 0. The van der Waals surface area contributed by atoms with Crippen LogP contribution in [-0.2, 0) is 5.41 Å². The number of benzene rings is 8. The van der Waals surface area contributed by atoms with Gasteiger partial charge in [0.2, 0.25) is 0 Å². The Morgan fingerprint density at radius 3 is 0.887 bits per heavy atom. The number of rotatable bonds is 6. The summed E-state index contributed by atoms with van der Waals surface area (Å²) in [6.45, 7) is 4.45. The van der Waals surface area contributed by atoms with Crippen LogP contribution in [0.1, 0.15) is 33.4 Å². The second kappa shape index (κ2) is 12.3. The normalized spacial score (nSPS) is 12.9. The van der Waals surface area contributed by atoms with Crippen molar-refractivity contribution in [2.75, 3.05) is 9.80 Å². The molecule has 2 heteroatoms. The van der Waals surface area contributed by atoms with Crippen molar-refractivity contribution in [1.29, 1.82) is 0 Å². The molecule has 0 fully saturated rings. The summed E-state index contributed by atoms with van der Waals surface area (Å²) in [4.78, 5) is 4.77. The average Bonchev–Trinajstić information content (AvgIpc) is 3.65. The Kier molecular flexibility index (Phi) is 7.19. The second-order valence-electron chi connectivity index (χ2n) is 14.3. The molecule has 0 radical (unpaired) electrons. The molecule has 0 atom stereocenters. The number of nitrogens with zero attached hydrogens (tertiary/aromatic N) is 2. The predicted molar refractivity (Wildman–Crippen MR) is 222 cm³/mol. The Morgan fingerprint density at radius 2 is 0.566 bits per heavy atom. The van der Waals surface area contributed by atoms with E-state index in [2.05, 4.69) is 218 Å². The number of para-hydroxylation sites is 4. The molecule has 1 spiro atoms. The van der Waals surface area contributed by atoms with E-state index < -0.39 is 5.41 Å². The smallest absolute Gasteiger partial charge is 0.0727 e. The first kappa shape index (κ1) is 31.1. The Morgan fingerprint density at radius 1 is 0.283 bits per heavy atom. The van der Waals surface area contributed by atoms with Crippen LogP contribution in [0.4, 0.5) is 34.1 Å². The summed E-state index contributed by atoms with van der Waals surface area (Å²) in [5.41, 5.74) is 19.3. The van der Waals surface area contributed by atoms with Crippen molar-refractivity contribution in [3.63, 3.8) is 0 Å². The molecule has 0 unspecified atom stereocenters. The van der Waals surface area contributed by atoms with Crippen LogP contribution in [0.5, 0.6) is 0 Å². The summed E-state index contributed by atoms with van der Waals surface area (Å²) in [6, 6.07) is 71.3. The molecule has 0 aliphatic heterocycles. The highest BCUT2D eigenvalue weighted by atomic mass is 15.1. The molecule has 0 amide bonds. The van der Waals surface area contributed by atoms with Gasteiger partial charge in [-0.05, 0) is 131 Å². The van der Waals surface area contributed by atoms with Gasteiger partial charge in [0.1, 0.15) is 0 Å². The molecule has 2 nitrogen and oxygen atoms in total. The lowest BCUT2D eigenvalue weighted by atomic mass is 9.70. The summed E-state index contributed by atoms with van der Waals surface area (Å²) >= 11 is 0. The molecule has 0 N–H and O–H groups in total. The molecule has 53 heavy (non-hydrogen) atoms. The van der Waals surface area contributed by atoms with E-state index in [4.69, 9.17) is 0 Å². The van der Waals surface area contributed by atoms with Crippen LogP contribution in [0.25, 0.3) is 22.3 Å². The van der Waals surface area contributed by atoms with Crippen LogP contribution in [0.2, 0.25) is 0 Å². The molecular formula is C51H38N2. The third-order valence-electron chi connectivity index (χ3n) is 11.1. The van der Waals surface area contributed by atoms with Crippen molar-refractivity contribution in [2.24, 2.45) is 0 Å². The molecular weight excluding hydrogens is 641 g/mol. The SMILES string of the molecule is Cc1ccc2c(c1)C1(c3cc(C)ccc3-2)c2cc(N(c3ccccc3)c3ccccc3)ccc2-c2ccc(N(c3ccccc3)c3ccccc3)cc21. The van der Waals surface area contributed by atoms with Crippen molar-refractivity contribution in [3.8, 4) is 22.3 Å². The van der Waals surface area contributed by atoms with Crippen molar-refractivity contribution in [3.05, 3.63) is 228 Å². The van der Waals surface area contributed by atoms with Crippen LogP contribution in [0.15, 0.2) is 194 Å². The summed E-state index contributed by atoms with van der Waals surface area (Å²) in [5, 5.41) is 0. The first-order valence-electron chi connectivity index (χ1n) is 18.4. The number of fused-ring (bicyclic) bond motifs is 10. The fourth-order valence-electron chi connectivity index (χ4n) is 8.91. The molecule has 0 heterocycles. The van der Waals surface area contributed by atoms with Gasteiger partial charge < -0.3 is 9.80 Å². The van der Waals surface area contributed by atoms with E-state index >= 15 is 0 Å². The number of anilines is 6. The average molecular weight is 679 g/mol. The molecule has 252 valence electrons. The number of hydrogen-bond donors (Lipinski definition) is 0. The van der Waals surface area contributed by atoms with E-state index in [1.165, 1.54) is 55.6 Å². The van der Waals surface area contributed by atoms with Gasteiger partial charge in [0.15, 0.2) is 0 Å². The van der Waals surface area contributed by atoms with Gasteiger partial charge in [0.05, 0.1) is 5.41 Å². The number of aryl methyl sites for hydroxylation is 2. The molecule has 0 saturated carbocycles. The summed E-state index contributed by atoms with van der Waals surface area (Å²) in [7, 11) is 0. The van der Waals surface area contributed by atoms with Crippen LogP contribution in [-0.4, -0.2) is 0 Å². The second-order valence-corrected chi connectivity index (χ2v) is 14.3. The highest BCUT2D eigenvalue weighted by Crippen LogP contribution is 2.64. The first-order chi connectivity index (χ1) is 26.1. The maximum absolute atomic E-state index is 2.48. The summed E-state index contributed by atoms with van der Waals surface area (Å²) in [6.07, 6.45) is 0. The van der Waals surface area contributed by atoms with Gasteiger partial charge in [0, 0.05) is 34.1 Å². The van der Waals surface area contributed by atoms with Crippen molar-refractivity contribution >= 4 is 34.1 Å². The van der Waals surface area contributed by atoms with Gasteiger partial charge in [0.25, 0.3) is 0 Å². The molecule has 2 aliphatic carbocycles. The van der Waals surface area contributed by atoms with Gasteiger partial charge in [-0.3, -0.25) is 0 Å². The third kappa shape index (κ3) is 4.80. The van der Waals surface area contributed by atoms with E-state index in [0.29, 0.717) is 0 Å². The van der Waals surface area contributed by atoms with Crippen LogP contribution < -0.4 is 9.80 Å². The van der Waals surface area contributed by atoms with Crippen molar-refractivity contribution in [2.45, 2.75) is 19.3 Å². The number of hydrogen-bond acceptors (Lipinski definition) is 2. The van der Waals surface area contributed by atoms with E-state index in [1.807, 2.05) is 0 Å². The summed E-state index contributed by atoms with van der Waals surface area (Å²) < 4.78 is 0. The maximum Gasteiger partial charge on any atom is 0.0727 e. The van der Waals surface area contributed by atoms with Crippen LogP contribution in [0, 0.1) is 13.8 Å². The molecule has 8 aromatic rings. The third-order valence-corrected chi connectivity index (χ3v) is 11.1. The van der Waals surface area contributed by atoms with Gasteiger partial charge in [-0.2, -0.15) is 0 Å². The predicted octanol–water partition coefficient (Wildman–Crippen LogP) is 13.6. The lowest BCUT2D eigenvalue weighted by Crippen LogP contribution is -2.27. The molecule has 0 saturated heterocycles. The highest BCUT2D eigenvalue weighted by molar-refractivity contribution is 5.97. The van der Waals surface area contributed by atoms with Gasteiger partial charge >= 0.3 is 0 Å². The Bertz CT molecular complexity index is 2360. The monoisotopic (exact) mass is 678 g/mol. The standard InChI is InChI=1S/C51H38N2/c1-35-23-27-43-44-28-24-36(2)32-48(44)51(47(43)31-35)49-33-41(52(37-15-7-3-8-16-37)38-17-9-4-10-18-38)25-29-45(49)46-30-26-42(34-50(46)51)53(39-19-11-5-12-20-39)40-21-13-6-14-22-40/h3-34H,1-2H3. The first-order valence-corrected chi connectivity index (χ1v) is 18.4. The van der Waals surface area contributed by atoms with Gasteiger partial charge in [-0.25, -0.2) is 0 Å². The largest absolute Gasteiger partial charge is 0.310 e. The lowest BCUT2D eigenvalue weighted by molar-refractivity contribution is 0.791. The van der Waals surface area contributed by atoms with Gasteiger partial charge in [-0.15, -0.1) is 0 Å².